The number of nitrogens with zero attached hydrogens (tertiary/aromatic N) is 2. The number of benzene rings is 2. The SMILES string of the molecule is CN(C)[C@@H](C(=O)c1ccccc1)[C@H](C(=O)c1ccccc1)N(C)C. The van der Waals surface area contributed by atoms with E-state index in [0.717, 1.165) is 0 Å². The van der Waals surface area contributed by atoms with Crippen LogP contribution >= 0.6 is 0 Å². The Morgan fingerprint density at radius 3 is 1.17 bits per heavy atom. The van der Waals surface area contributed by atoms with Crippen LogP contribution in [0.1, 0.15) is 20.7 Å². The van der Waals surface area contributed by atoms with Gasteiger partial charge in [0.15, 0.2) is 11.6 Å². The van der Waals surface area contributed by atoms with Crippen molar-refractivity contribution in [2.75, 3.05) is 28.2 Å². The van der Waals surface area contributed by atoms with Crippen LogP contribution in [0.5, 0.6) is 0 Å². The summed E-state index contributed by atoms with van der Waals surface area (Å²) >= 11 is 0. The summed E-state index contributed by atoms with van der Waals surface area (Å²) in [6.07, 6.45) is 0. The van der Waals surface area contributed by atoms with Crippen molar-refractivity contribution in [1.29, 1.82) is 0 Å². The normalized spacial score (nSPS) is 13.8. The van der Waals surface area contributed by atoms with Crippen molar-refractivity contribution in [3.05, 3.63) is 71.8 Å². The van der Waals surface area contributed by atoms with Gasteiger partial charge in [-0.25, -0.2) is 0 Å². The predicted octanol–water partition coefficient (Wildman–Crippen LogP) is 2.61. The standard InChI is InChI=1S/C20H24N2O2/c1-21(2)17(19(23)15-11-7-5-8-12-15)18(22(3)4)20(24)16-13-9-6-10-14-16/h5-14,17-18H,1-4H3/t17-,18-/m1/s1. The third kappa shape index (κ3) is 3.96. The highest BCUT2D eigenvalue weighted by atomic mass is 16.1. The first-order valence-electron chi connectivity index (χ1n) is 7.95. The quantitative estimate of drug-likeness (QED) is 0.734. The van der Waals surface area contributed by atoms with Gasteiger partial charge >= 0.3 is 0 Å². The largest absolute Gasteiger partial charge is 0.298 e. The molecule has 0 N–H and O–H groups in total. The molecular weight excluding hydrogens is 300 g/mol. The maximum absolute atomic E-state index is 13.0. The molecule has 0 aliphatic rings. The number of carbonyl (C=O) groups is 2. The number of carbonyl (C=O) groups excluding carboxylic acids is 2. The third-order valence-electron chi connectivity index (χ3n) is 4.07. The monoisotopic (exact) mass is 324 g/mol. The van der Waals surface area contributed by atoms with E-state index in [9.17, 15) is 9.59 Å². The van der Waals surface area contributed by atoms with Gasteiger partial charge in [0.2, 0.25) is 0 Å². The Bertz CT molecular complexity index is 620. The Labute approximate surface area is 143 Å². The predicted molar refractivity (Wildman–Crippen MR) is 96.5 cm³/mol. The molecule has 2 aromatic carbocycles. The molecule has 0 fully saturated rings. The van der Waals surface area contributed by atoms with Gasteiger partial charge in [0.25, 0.3) is 0 Å². The van der Waals surface area contributed by atoms with Crippen molar-refractivity contribution < 1.29 is 9.59 Å². The Kier molecular flexibility index (Phi) is 6.01. The van der Waals surface area contributed by atoms with Gasteiger partial charge in [0.05, 0.1) is 12.1 Å². The van der Waals surface area contributed by atoms with Gasteiger partial charge in [-0.3, -0.25) is 19.4 Å². The topological polar surface area (TPSA) is 40.6 Å². The van der Waals surface area contributed by atoms with Crippen molar-refractivity contribution in [3.8, 4) is 0 Å². The minimum atomic E-state index is -0.560. The second kappa shape index (κ2) is 7.99. The lowest BCUT2D eigenvalue weighted by Gasteiger charge is -2.34. The van der Waals surface area contributed by atoms with Crippen LogP contribution in [0.4, 0.5) is 0 Å². The van der Waals surface area contributed by atoms with Gasteiger partial charge in [-0.2, -0.15) is 0 Å². The molecule has 0 radical (unpaired) electrons. The van der Waals surface area contributed by atoms with Crippen molar-refractivity contribution >= 4 is 11.6 Å². The van der Waals surface area contributed by atoms with Crippen LogP contribution in [0.25, 0.3) is 0 Å². The molecule has 0 bridgehead atoms. The van der Waals surface area contributed by atoms with E-state index in [0.29, 0.717) is 11.1 Å². The minimum absolute atomic E-state index is 0.0522. The van der Waals surface area contributed by atoms with Crippen LogP contribution in [0, 0.1) is 0 Å². The maximum Gasteiger partial charge on any atom is 0.182 e. The van der Waals surface area contributed by atoms with Crippen LogP contribution in [-0.4, -0.2) is 61.6 Å². The third-order valence-corrected chi connectivity index (χ3v) is 4.07. The Morgan fingerprint density at radius 1 is 0.625 bits per heavy atom. The molecular formula is C20H24N2O2. The maximum atomic E-state index is 13.0. The second-order valence-electron chi connectivity index (χ2n) is 6.28. The van der Waals surface area contributed by atoms with Gasteiger partial charge in [-0.1, -0.05) is 60.7 Å². The average Bonchev–Trinajstić information content (AvgIpc) is 2.59. The molecule has 0 aliphatic heterocycles. The highest BCUT2D eigenvalue weighted by Crippen LogP contribution is 2.18. The summed E-state index contributed by atoms with van der Waals surface area (Å²) in [5, 5.41) is 0. The molecule has 2 aromatic rings. The van der Waals surface area contributed by atoms with Gasteiger partial charge < -0.3 is 0 Å². The zero-order valence-electron chi connectivity index (χ0n) is 14.6. The Hall–Kier alpha value is -2.30. The molecule has 2 rings (SSSR count). The molecule has 0 saturated heterocycles. The first kappa shape index (κ1) is 18.0. The summed E-state index contributed by atoms with van der Waals surface area (Å²) in [6, 6.07) is 17.1. The van der Waals surface area contributed by atoms with E-state index in [4.69, 9.17) is 0 Å². The van der Waals surface area contributed by atoms with E-state index in [2.05, 4.69) is 0 Å². The fourth-order valence-electron chi connectivity index (χ4n) is 2.87. The molecule has 24 heavy (non-hydrogen) atoms. The smallest absolute Gasteiger partial charge is 0.182 e. The van der Waals surface area contributed by atoms with E-state index in [-0.39, 0.29) is 11.6 Å². The highest BCUT2D eigenvalue weighted by Gasteiger charge is 2.37. The van der Waals surface area contributed by atoms with Crippen LogP contribution in [-0.2, 0) is 0 Å². The summed E-state index contributed by atoms with van der Waals surface area (Å²) in [7, 11) is 7.33. The zero-order chi connectivity index (χ0) is 17.7. The minimum Gasteiger partial charge on any atom is -0.298 e. The van der Waals surface area contributed by atoms with E-state index in [1.165, 1.54) is 0 Å². The van der Waals surface area contributed by atoms with Gasteiger partial charge in [-0.05, 0) is 28.2 Å². The molecule has 0 spiro atoms. The van der Waals surface area contributed by atoms with Gasteiger partial charge in [-0.15, -0.1) is 0 Å². The lowest BCUT2D eigenvalue weighted by Crippen LogP contribution is -2.55. The summed E-state index contributed by atoms with van der Waals surface area (Å²) in [6.45, 7) is 0. The first-order valence-corrected chi connectivity index (χ1v) is 7.95. The van der Waals surface area contributed by atoms with Crippen molar-refractivity contribution in [3.63, 3.8) is 0 Å². The van der Waals surface area contributed by atoms with Crippen molar-refractivity contribution in [2.45, 2.75) is 12.1 Å². The van der Waals surface area contributed by atoms with Gasteiger partial charge in [0, 0.05) is 11.1 Å². The lowest BCUT2D eigenvalue weighted by molar-refractivity contribution is 0.0639. The van der Waals surface area contributed by atoms with E-state index in [1.54, 1.807) is 24.3 Å². The first-order chi connectivity index (χ1) is 11.4. The molecule has 0 saturated carbocycles. The molecule has 4 nitrogen and oxygen atoms in total. The summed E-state index contributed by atoms with van der Waals surface area (Å²) in [4.78, 5) is 29.7. The molecule has 0 unspecified atom stereocenters. The molecule has 0 aliphatic carbocycles. The summed E-state index contributed by atoms with van der Waals surface area (Å²) in [5.74, 6) is -0.104. The molecule has 0 amide bonds. The lowest BCUT2D eigenvalue weighted by atomic mass is 9.90. The Balaban J connectivity index is 2.42. The van der Waals surface area contributed by atoms with Crippen LogP contribution in [0.3, 0.4) is 0 Å². The number of rotatable bonds is 7. The van der Waals surface area contributed by atoms with Crippen LogP contribution < -0.4 is 0 Å². The van der Waals surface area contributed by atoms with Crippen molar-refractivity contribution in [2.24, 2.45) is 0 Å². The number of Topliss-reactive ketones (excluding diaryl/α,β-unsaturated/α-hetero) is 2. The number of hydrogen-bond donors (Lipinski definition) is 0. The molecule has 2 atom stereocenters. The van der Waals surface area contributed by atoms with E-state index < -0.39 is 12.1 Å². The fraction of sp³-hybridized carbons (Fsp3) is 0.300. The second-order valence-corrected chi connectivity index (χ2v) is 6.28. The fourth-order valence-corrected chi connectivity index (χ4v) is 2.87. The van der Waals surface area contributed by atoms with Crippen molar-refractivity contribution in [1.82, 2.24) is 9.80 Å². The molecule has 4 heteroatoms. The van der Waals surface area contributed by atoms with E-state index >= 15 is 0 Å². The molecule has 0 heterocycles. The molecule has 0 aromatic heterocycles. The van der Waals surface area contributed by atoms with Gasteiger partial charge in [0.1, 0.15) is 0 Å². The highest BCUT2D eigenvalue weighted by molar-refractivity contribution is 6.08. The average molecular weight is 324 g/mol. The summed E-state index contributed by atoms with van der Waals surface area (Å²) in [5.41, 5.74) is 1.23. The van der Waals surface area contributed by atoms with Crippen LogP contribution in [0.2, 0.25) is 0 Å². The van der Waals surface area contributed by atoms with Crippen LogP contribution in [0.15, 0.2) is 60.7 Å². The Morgan fingerprint density at radius 2 is 0.917 bits per heavy atom. The summed E-state index contributed by atoms with van der Waals surface area (Å²) < 4.78 is 0. The number of hydrogen-bond acceptors (Lipinski definition) is 4. The van der Waals surface area contributed by atoms with E-state index in [1.807, 2.05) is 74.4 Å². The number of ketones is 2. The number of likely N-dealkylation sites (N-methyl/N-ethyl adjacent to an activating group) is 2. The zero-order valence-corrected chi connectivity index (χ0v) is 14.6. The molecule has 126 valence electrons.